The lowest BCUT2D eigenvalue weighted by Gasteiger charge is -2.38. The van der Waals surface area contributed by atoms with Crippen LogP contribution < -0.4 is 15.5 Å². The molecular weight excluding hydrogens is 442 g/mol. The predicted octanol–water partition coefficient (Wildman–Crippen LogP) is 4.41. The molecule has 0 radical (unpaired) electrons. The summed E-state index contributed by atoms with van der Waals surface area (Å²) in [4.78, 5) is 26.0. The van der Waals surface area contributed by atoms with Gasteiger partial charge in [0.2, 0.25) is 5.91 Å². The average molecular weight is 480 g/mol. The third kappa shape index (κ3) is 7.16. The van der Waals surface area contributed by atoms with Gasteiger partial charge in [0, 0.05) is 43.5 Å². The maximum absolute atomic E-state index is 12.0. The molecule has 3 N–H and O–H groups in total. The Balaban J connectivity index is 1.74. The second-order valence-corrected chi connectivity index (χ2v) is 9.02. The molecule has 1 aliphatic rings. The van der Waals surface area contributed by atoms with Crippen molar-refractivity contribution >= 4 is 23.3 Å². The Morgan fingerprint density at radius 3 is 2.26 bits per heavy atom. The second-order valence-electron chi connectivity index (χ2n) is 9.02. The van der Waals surface area contributed by atoms with Crippen LogP contribution >= 0.6 is 0 Å². The fraction of sp³-hybridized carbons (Fsp3) is 0.429. The summed E-state index contributed by atoms with van der Waals surface area (Å²) in [5.74, 6) is -1.12. The molecule has 0 fully saturated rings. The molecule has 3 atom stereocenters. The number of carboxylic acid groups (broad SMARTS) is 1. The van der Waals surface area contributed by atoms with Crippen LogP contribution in [0.15, 0.2) is 66.2 Å². The number of nitrogens with zero attached hydrogens (tertiary/aromatic N) is 1. The van der Waals surface area contributed by atoms with Crippen LogP contribution in [0, 0.1) is 0 Å². The first kappa shape index (κ1) is 26.4. The quantitative estimate of drug-likeness (QED) is 0.442. The van der Waals surface area contributed by atoms with Crippen molar-refractivity contribution in [1.82, 2.24) is 10.6 Å². The molecule has 0 bridgehead atoms. The van der Waals surface area contributed by atoms with E-state index >= 15 is 0 Å². The Hall–Kier alpha value is -3.16. The van der Waals surface area contributed by atoms with Crippen LogP contribution in [0.25, 0.3) is 0 Å². The molecule has 0 aromatic heterocycles. The van der Waals surface area contributed by atoms with Crippen LogP contribution in [0.1, 0.15) is 45.6 Å². The smallest absolute Gasteiger partial charge is 0.331 e. The second kappa shape index (κ2) is 12.5. The standard InChI is InChI=1S/C28H37N3O4/c1-5-24(6-2)35-26-17-21(28(33)34)16-25(27(26)30-19(3)32)29-18-20-12-14-23(15-13-20)31(4)22-10-8-7-9-11-22/h7-15,17,24-27,29H,5-6,16,18H2,1-4H3,(H,30,32)(H,33,34)/t25-,26+,27+/m0/s1. The van der Waals surface area contributed by atoms with E-state index in [2.05, 4.69) is 51.9 Å². The Labute approximate surface area is 208 Å². The van der Waals surface area contributed by atoms with Crippen LogP contribution in [0.5, 0.6) is 0 Å². The zero-order valence-electron chi connectivity index (χ0n) is 21.0. The summed E-state index contributed by atoms with van der Waals surface area (Å²) in [7, 11) is 2.03. The first-order valence-electron chi connectivity index (χ1n) is 12.3. The molecule has 0 spiro atoms. The topological polar surface area (TPSA) is 90.9 Å². The number of hydrogen-bond donors (Lipinski definition) is 3. The van der Waals surface area contributed by atoms with Crippen molar-refractivity contribution in [3.05, 3.63) is 71.8 Å². The Kier molecular flexibility index (Phi) is 9.46. The minimum atomic E-state index is -0.954. The summed E-state index contributed by atoms with van der Waals surface area (Å²) in [5.41, 5.74) is 3.55. The van der Waals surface area contributed by atoms with Crippen molar-refractivity contribution in [1.29, 1.82) is 0 Å². The summed E-state index contributed by atoms with van der Waals surface area (Å²) in [6.45, 7) is 6.10. The zero-order valence-corrected chi connectivity index (χ0v) is 21.0. The maximum Gasteiger partial charge on any atom is 0.331 e. The molecular formula is C28H37N3O4. The molecule has 0 unspecified atom stereocenters. The molecule has 7 heteroatoms. The fourth-order valence-corrected chi connectivity index (χ4v) is 4.45. The number of anilines is 2. The number of benzene rings is 2. The molecule has 0 aliphatic heterocycles. The third-order valence-electron chi connectivity index (χ3n) is 6.53. The molecule has 2 aromatic carbocycles. The molecule has 0 saturated heterocycles. The summed E-state index contributed by atoms with van der Waals surface area (Å²) in [5, 5.41) is 16.2. The number of carbonyl (C=O) groups is 2. The van der Waals surface area contributed by atoms with Crippen molar-refractivity contribution in [3.8, 4) is 0 Å². The first-order chi connectivity index (χ1) is 16.8. The summed E-state index contributed by atoms with van der Waals surface area (Å²) in [6, 6.07) is 17.8. The van der Waals surface area contributed by atoms with Gasteiger partial charge < -0.3 is 25.4 Å². The molecule has 7 nitrogen and oxygen atoms in total. The highest BCUT2D eigenvalue weighted by Gasteiger charge is 2.37. The monoisotopic (exact) mass is 479 g/mol. The van der Waals surface area contributed by atoms with Crippen molar-refractivity contribution < 1.29 is 19.4 Å². The van der Waals surface area contributed by atoms with Gasteiger partial charge in [-0.1, -0.05) is 44.2 Å². The minimum Gasteiger partial charge on any atom is -0.478 e. The van der Waals surface area contributed by atoms with Crippen molar-refractivity contribution in [3.63, 3.8) is 0 Å². The van der Waals surface area contributed by atoms with Crippen molar-refractivity contribution in [2.45, 2.75) is 70.9 Å². The van der Waals surface area contributed by atoms with Gasteiger partial charge in [0.25, 0.3) is 0 Å². The Morgan fingerprint density at radius 1 is 1.06 bits per heavy atom. The fourth-order valence-electron chi connectivity index (χ4n) is 4.45. The molecule has 1 amide bonds. The van der Waals surface area contributed by atoms with Crippen LogP contribution in [0.4, 0.5) is 11.4 Å². The summed E-state index contributed by atoms with van der Waals surface area (Å²) >= 11 is 0. The van der Waals surface area contributed by atoms with Crippen LogP contribution in [-0.4, -0.2) is 48.3 Å². The Bertz CT molecular complexity index is 1000. The molecule has 3 rings (SSSR count). The van der Waals surface area contributed by atoms with E-state index in [1.54, 1.807) is 6.08 Å². The van der Waals surface area contributed by atoms with Gasteiger partial charge in [-0.2, -0.15) is 0 Å². The summed E-state index contributed by atoms with van der Waals surface area (Å²) in [6.07, 6.45) is 3.08. The molecule has 2 aromatic rings. The largest absolute Gasteiger partial charge is 0.478 e. The first-order valence-corrected chi connectivity index (χ1v) is 12.3. The highest BCUT2D eigenvalue weighted by molar-refractivity contribution is 5.87. The number of amides is 1. The van der Waals surface area contributed by atoms with Gasteiger partial charge >= 0.3 is 5.97 Å². The highest BCUT2D eigenvalue weighted by atomic mass is 16.5. The lowest BCUT2D eigenvalue weighted by atomic mass is 9.87. The van der Waals surface area contributed by atoms with E-state index in [0.717, 1.165) is 29.8 Å². The minimum absolute atomic E-state index is 0.00421. The van der Waals surface area contributed by atoms with Gasteiger partial charge in [-0.15, -0.1) is 0 Å². The van der Waals surface area contributed by atoms with Crippen molar-refractivity contribution in [2.75, 3.05) is 11.9 Å². The van der Waals surface area contributed by atoms with E-state index in [1.807, 2.05) is 39.1 Å². The van der Waals surface area contributed by atoms with E-state index in [4.69, 9.17) is 4.74 Å². The SMILES string of the molecule is CCC(CC)O[C@@H]1C=C(C(=O)O)C[C@H](NCc2ccc(N(C)c3ccccc3)cc2)[C@H]1NC(C)=O. The van der Waals surface area contributed by atoms with Crippen LogP contribution in [-0.2, 0) is 20.9 Å². The number of carbonyl (C=O) groups excluding carboxylic acids is 1. The average Bonchev–Trinajstić information content (AvgIpc) is 2.87. The van der Waals surface area contributed by atoms with Crippen LogP contribution in [0.2, 0.25) is 0 Å². The van der Waals surface area contributed by atoms with Gasteiger partial charge in [-0.3, -0.25) is 4.79 Å². The lowest BCUT2D eigenvalue weighted by molar-refractivity contribution is -0.133. The van der Waals surface area contributed by atoms with E-state index in [-0.39, 0.29) is 24.1 Å². The number of carboxylic acids is 1. The molecule has 0 saturated carbocycles. The van der Waals surface area contributed by atoms with Gasteiger partial charge in [-0.25, -0.2) is 4.79 Å². The normalized spacial score (nSPS) is 19.8. The zero-order chi connectivity index (χ0) is 25.4. The van der Waals surface area contributed by atoms with Gasteiger partial charge in [0.1, 0.15) is 0 Å². The molecule has 188 valence electrons. The predicted molar refractivity (Wildman–Crippen MR) is 139 cm³/mol. The maximum atomic E-state index is 12.0. The number of nitrogens with one attached hydrogen (secondary N) is 2. The van der Waals surface area contributed by atoms with Gasteiger partial charge in [-0.05, 0) is 55.2 Å². The van der Waals surface area contributed by atoms with Gasteiger partial charge in [0.05, 0.1) is 18.2 Å². The van der Waals surface area contributed by atoms with E-state index < -0.39 is 12.1 Å². The highest BCUT2D eigenvalue weighted by Crippen LogP contribution is 2.26. The molecule has 1 aliphatic carbocycles. The van der Waals surface area contributed by atoms with E-state index in [1.165, 1.54) is 6.92 Å². The number of para-hydroxylation sites is 1. The third-order valence-corrected chi connectivity index (χ3v) is 6.53. The van der Waals surface area contributed by atoms with E-state index in [9.17, 15) is 14.7 Å². The lowest BCUT2D eigenvalue weighted by Crippen LogP contribution is -2.58. The van der Waals surface area contributed by atoms with Gasteiger partial charge in [0.15, 0.2) is 0 Å². The van der Waals surface area contributed by atoms with Crippen LogP contribution in [0.3, 0.4) is 0 Å². The Morgan fingerprint density at radius 2 is 1.69 bits per heavy atom. The molecule has 0 heterocycles. The summed E-state index contributed by atoms with van der Waals surface area (Å²) < 4.78 is 6.25. The molecule has 35 heavy (non-hydrogen) atoms. The van der Waals surface area contributed by atoms with E-state index in [0.29, 0.717) is 18.5 Å². The number of aliphatic carboxylic acids is 1. The number of rotatable bonds is 11. The van der Waals surface area contributed by atoms with Crippen molar-refractivity contribution in [2.24, 2.45) is 0 Å². The number of ether oxygens (including phenoxy) is 1. The number of hydrogen-bond acceptors (Lipinski definition) is 5.